The molecular formula is C39H35ClN4O4S. The summed E-state index contributed by atoms with van der Waals surface area (Å²) in [5, 5.41) is 4.32. The quantitative estimate of drug-likeness (QED) is 0.115. The number of rotatable bonds is 10. The Morgan fingerprint density at radius 2 is 1.84 bits per heavy atom. The number of hydrogen-bond acceptors (Lipinski definition) is 7. The number of halogens is 1. The maximum atomic E-state index is 13.5. The number of benzene rings is 3. The summed E-state index contributed by atoms with van der Waals surface area (Å²) >= 11 is 7.28. The molecule has 3 aromatic carbocycles. The third kappa shape index (κ3) is 7.00. The highest BCUT2D eigenvalue weighted by molar-refractivity contribution is 8.14. The lowest BCUT2D eigenvalue weighted by atomic mass is 9.79. The van der Waals surface area contributed by atoms with Crippen molar-refractivity contribution in [2.75, 3.05) is 20.2 Å². The standard InChI is InChI=1S/C39H35ClN4O4S/c1-3-24(22-42-38(45)27-11-16-36(40)41-23-27)26-17-18-44-35(19-26)37(49-39(44)46)32-21-34(43-33-15-14-30(47-2)20-31(32)33)25-9-12-29(13-10-25)48-28-7-5-4-6-8-28/h3-16,20-21,23-24,26,35,37H,1,17-19,22H2,2H3,(H,42,45)/t24-,26-,35-,37-/m0/s1. The van der Waals surface area contributed by atoms with Crippen molar-refractivity contribution >= 4 is 45.4 Å². The molecule has 0 bridgehead atoms. The van der Waals surface area contributed by atoms with E-state index >= 15 is 0 Å². The van der Waals surface area contributed by atoms with Gasteiger partial charge in [0.15, 0.2) is 0 Å². The average molecular weight is 691 g/mol. The van der Waals surface area contributed by atoms with Gasteiger partial charge in [-0.15, -0.1) is 6.58 Å². The van der Waals surface area contributed by atoms with Crippen LogP contribution in [-0.2, 0) is 0 Å². The minimum atomic E-state index is -0.206. The number of aromatic nitrogens is 2. The molecule has 4 atom stereocenters. The first-order valence-electron chi connectivity index (χ1n) is 16.2. The molecule has 0 saturated carbocycles. The van der Waals surface area contributed by atoms with Crippen LogP contribution in [0.25, 0.3) is 22.2 Å². The third-order valence-corrected chi connectivity index (χ3v) is 10.9. The average Bonchev–Trinajstić information content (AvgIpc) is 3.47. The number of piperidine rings is 1. The van der Waals surface area contributed by atoms with E-state index < -0.39 is 0 Å². The maximum Gasteiger partial charge on any atom is 0.282 e. The van der Waals surface area contributed by atoms with E-state index in [1.54, 1.807) is 19.2 Å². The van der Waals surface area contributed by atoms with Gasteiger partial charge in [0.1, 0.15) is 22.4 Å². The molecule has 2 saturated heterocycles. The van der Waals surface area contributed by atoms with Gasteiger partial charge in [0.25, 0.3) is 11.1 Å². The SMILES string of the molecule is C=C[C@@H](CNC(=O)c1ccc(Cl)nc1)[C@H]1CCN2C(=O)S[C@@H](c3cc(-c4ccc(Oc5ccccc5)cc4)nc4ccc(OC)cc34)[C@@H]2C1. The van der Waals surface area contributed by atoms with Gasteiger partial charge in [0.05, 0.1) is 29.1 Å². The van der Waals surface area contributed by atoms with Crippen LogP contribution in [0.2, 0.25) is 5.15 Å². The first kappa shape index (κ1) is 32.7. The number of carbonyl (C=O) groups excluding carboxylic acids is 2. The van der Waals surface area contributed by atoms with Gasteiger partial charge in [-0.1, -0.05) is 47.6 Å². The first-order chi connectivity index (χ1) is 23.9. The van der Waals surface area contributed by atoms with E-state index in [1.807, 2.05) is 83.8 Å². The number of carbonyl (C=O) groups is 2. The molecular weight excluding hydrogens is 656 g/mol. The molecule has 2 aromatic heterocycles. The lowest BCUT2D eigenvalue weighted by Crippen LogP contribution is -2.44. The molecule has 1 N–H and O–H groups in total. The number of nitrogens with zero attached hydrogens (tertiary/aromatic N) is 3. The van der Waals surface area contributed by atoms with Crippen LogP contribution < -0.4 is 14.8 Å². The number of methoxy groups -OCH3 is 1. The molecule has 0 unspecified atom stereocenters. The number of hydrogen-bond donors (Lipinski definition) is 1. The summed E-state index contributed by atoms with van der Waals surface area (Å²) in [6.07, 6.45) is 5.01. The van der Waals surface area contributed by atoms with E-state index in [1.165, 1.54) is 18.0 Å². The topological polar surface area (TPSA) is 93.7 Å². The molecule has 8 nitrogen and oxygen atoms in total. The summed E-state index contributed by atoms with van der Waals surface area (Å²) in [6.45, 7) is 5.21. The number of para-hydroxylation sites is 1. The van der Waals surface area contributed by atoms with Gasteiger partial charge < -0.3 is 19.7 Å². The highest BCUT2D eigenvalue weighted by Gasteiger charge is 2.46. The number of amides is 2. The summed E-state index contributed by atoms with van der Waals surface area (Å²) < 4.78 is 11.6. The van der Waals surface area contributed by atoms with Crippen molar-refractivity contribution in [3.63, 3.8) is 0 Å². The highest BCUT2D eigenvalue weighted by Crippen LogP contribution is 2.51. The molecule has 0 spiro atoms. The predicted molar refractivity (Wildman–Crippen MR) is 194 cm³/mol. The molecule has 2 amide bonds. The fourth-order valence-electron chi connectivity index (χ4n) is 6.78. The van der Waals surface area contributed by atoms with Gasteiger partial charge in [-0.3, -0.25) is 9.59 Å². The van der Waals surface area contributed by atoms with Crippen molar-refractivity contribution in [2.45, 2.75) is 24.1 Å². The summed E-state index contributed by atoms with van der Waals surface area (Å²) in [5.74, 6) is 2.30. The molecule has 2 aliphatic rings. The van der Waals surface area contributed by atoms with Crippen molar-refractivity contribution in [3.05, 3.63) is 126 Å². The van der Waals surface area contributed by atoms with Crippen LogP contribution in [0.4, 0.5) is 4.79 Å². The van der Waals surface area contributed by atoms with E-state index in [0.717, 1.165) is 57.8 Å². The molecule has 7 rings (SSSR count). The molecule has 0 radical (unpaired) electrons. The van der Waals surface area contributed by atoms with Crippen LogP contribution in [0.1, 0.15) is 34.0 Å². The summed E-state index contributed by atoms with van der Waals surface area (Å²) in [7, 11) is 1.65. The summed E-state index contributed by atoms with van der Waals surface area (Å²) in [6, 6.07) is 28.9. The Bertz CT molecular complexity index is 1990. The van der Waals surface area contributed by atoms with Crippen molar-refractivity contribution in [1.29, 1.82) is 0 Å². The molecule has 2 fully saturated rings. The van der Waals surface area contributed by atoms with Gasteiger partial charge in [0.2, 0.25) is 0 Å². The van der Waals surface area contributed by atoms with Crippen LogP contribution in [0.5, 0.6) is 17.2 Å². The van der Waals surface area contributed by atoms with Crippen LogP contribution >= 0.6 is 23.4 Å². The number of thioether (sulfide) groups is 1. The Hall–Kier alpha value is -4.86. The van der Waals surface area contributed by atoms with Crippen LogP contribution in [0.3, 0.4) is 0 Å². The van der Waals surface area contributed by atoms with Crippen LogP contribution in [0.15, 0.2) is 110 Å². The number of fused-ring (bicyclic) bond motifs is 2. The molecule has 2 aliphatic heterocycles. The molecule has 10 heteroatoms. The number of pyridine rings is 2. The Morgan fingerprint density at radius 3 is 2.57 bits per heavy atom. The highest BCUT2D eigenvalue weighted by atomic mass is 35.5. The van der Waals surface area contributed by atoms with E-state index in [0.29, 0.717) is 23.8 Å². The number of ether oxygens (including phenoxy) is 2. The zero-order valence-corrected chi connectivity index (χ0v) is 28.5. The van der Waals surface area contributed by atoms with E-state index in [4.69, 9.17) is 26.1 Å². The largest absolute Gasteiger partial charge is 0.497 e. The second-order valence-corrected chi connectivity index (χ2v) is 13.7. The zero-order chi connectivity index (χ0) is 33.9. The lowest BCUT2D eigenvalue weighted by molar-refractivity contribution is 0.0934. The fraction of sp³-hybridized carbons (Fsp3) is 0.231. The molecule has 5 aromatic rings. The number of nitrogens with one attached hydrogen (secondary N) is 1. The smallest absolute Gasteiger partial charge is 0.282 e. The van der Waals surface area contributed by atoms with Gasteiger partial charge in [-0.25, -0.2) is 9.97 Å². The monoisotopic (exact) mass is 690 g/mol. The molecule has 248 valence electrons. The Kier molecular flexibility index (Phi) is 9.55. The van der Waals surface area contributed by atoms with Crippen molar-refractivity contribution < 1.29 is 19.1 Å². The van der Waals surface area contributed by atoms with Crippen molar-refractivity contribution in [1.82, 2.24) is 20.2 Å². The first-order valence-corrected chi connectivity index (χ1v) is 17.5. The predicted octanol–water partition coefficient (Wildman–Crippen LogP) is 8.97. The zero-order valence-electron chi connectivity index (χ0n) is 26.9. The van der Waals surface area contributed by atoms with E-state index in [-0.39, 0.29) is 34.3 Å². The third-order valence-electron chi connectivity index (χ3n) is 9.38. The second kappa shape index (κ2) is 14.3. The van der Waals surface area contributed by atoms with E-state index in [9.17, 15) is 9.59 Å². The maximum absolute atomic E-state index is 13.5. The van der Waals surface area contributed by atoms with Crippen LogP contribution in [-0.4, -0.2) is 52.3 Å². The van der Waals surface area contributed by atoms with Crippen molar-refractivity contribution in [2.24, 2.45) is 11.8 Å². The second-order valence-electron chi connectivity index (χ2n) is 12.2. The Labute approximate surface area is 294 Å². The van der Waals surface area contributed by atoms with Crippen molar-refractivity contribution in [3.8, 4) is 28.5 Å². The molecule has 0 aliphatic carbocycles. The normalized spacial score (nSPS) is 19.3. The molecule has 4 heterocycles. The summed E-state index contributed by atoms with van der Waals surface area (Å²) in [4.78, 5) is 37.4. The Morgan fingerprint density at radius 1 is 1.06 bits per heavy atom. The fourth-order valence-corrected chi connectivity index (χ4v) is 8.21. The minimum absolute atomic E-state index is 0.0267. The Balaban J connectivity index is 1.16. The minimum Gasteiger partial charge on any atom is -0.497 e. The van der Waals surface area contributed by atoms with Gasteiger partial charge in [0, 0.05) is 36.3 Å². The lowest BCUT2D eigenvalue weighted by Gasteiger charge is -2.39. The molecule has 49 heavy (non-hydrogen) atoms. The van der Waals surface area contributed by atoms with Gasteiger partial charge >= 0.3 is 0 Å². The van der Waals surface area contributed by atoms with E-state index in [2.05, 4.69) is 22.9 Å². The van der Waals surface area contributed by atoms with Gasteiger partial charge in [-0.2, -0.15) is 0 Å². The summed E-state index contributed by atoms with van der Waals surface area (Å²) in [5.41, 5.74) is 4.11. The van der Waals surface area contributed by atoms with Crippen LogP contribution in [0, 0.1) is 11.8 Å². The van der Waals surface area contributed by atoms with Gasteiger partial charge in [-0.05, 0) is 103 Å².